The number of nitrogens with one attached hydrogen (secondary N) is 1. The van der Waals surface area contributed by atoms with Crippen LogP contribution in [0.5, 0.6) is 0 Å². The molecule has 3 N–H and O–H groups in total. The van der Waals surface area contributed by atoms with Gasteiger partial charge in [0.15, 0.2) is 0 Å². The number of aromatic nitrogens is 1. The second-order valence-corrected chi connectivity index (χ2v) is 4.36. The van der Waals surface area contributed by atoms with Crippen molar-refractivity contribution in [1.82, 2.24) is 4.98 Å². The zero-order valence-electron chi connectivity index (χ0n) is 10.1. The molecule has 0 aliphatic carbocycles. The molecule has 4 heteroatoms. The Morgan fingerprint density at radius 2 is 2.19 bits per heavy atom. The highest BCUT2D eigenvalue weighted by Crippen LogP contribution is 2.19. The molecule has 0 spiro atoms. The van der Waals surface area contributed by atoms with Gasteiger partial charge in [0.25, 0.3) is 0 Å². The summed E-state index contributed by atoms with van der Waals surface area (Å²) < 4.78 is 0. The molecule has 0 bridgehead atoms. The fraction of sp³-hybridized carbons (Fsp3) is 0.500. The lowest BCUT2D eigenvalue weighted by Crippen LogP contribution is -2.16. The van der Waals surface area contributed by atoms with E-state index in [9.17, 15) is 0 Å². The number of hydrogen-bond acceptors (Lipinski definition) is 3. The summed E-state index contributed by atoms with van der Waals surface area (Å²) in [6, 6.07) is 2.00. The molecule has 0 amide bonds. The first-order chi connectivity index (χ1) is 7.56. The second kappa shape index (κ2) is 5.80. The molecule has 1 heterocycles. The Hall–Kier alpha value is -1.16. The van der Waals surface area contributed by atoms with Gasteiger partial charge in [0.2, 0.25) is 0 Å². The van der Waals surface area contributed by atoms with Crippen molar-refractivity contribution in [2.75, 3.05) is 11.9 Å². The predicted octanol–water partition coefficient (Wildman–Crippen LogP) is 2.54. The highest BCUT2D eigenvalue weighted by atomic mass is 32.1. The highest BCUT2D eigenvalue weighted by Gasteiger charge is 2.10. The Labute approximate surface area is 102 Å². The SMILES string of the molecule is CCCCNc1cc(C)nc(C)c1C(N)=S. The molecule has 1 aromatic rings. The Morgan fingerprint density at radius 3 is 2.75 bits per heavy atom. The molecule has 0 aliphatic heterocycles. The van der Waals surface area contributed by atoms with Crippen LogP contribution < -0.4 is 11.1 Å². The fourth-order valence-corrected chi connectivity index (χ4v) is 1.94. The van der Waals surface area contributed by atoms with Crippen molar-refractivity contribution in [2.24, 2.45) is 5.73 Å². The van der Waals surface area contributed by atoms with Crippen LogP contribution in [0.15, 0.2) is 6.07 Å². The predicted molar refractivity (Wildman–Crippen MR) is 73.0 cm³/mol. The first-order valence-corrected chi connectivity index (χ1v) is 5.99. The zero-order valence-corrected chi connectivity index (χ0v) is 10.9. The summed E-state index contributed by atoms with van der Waals surface area (Å²) in [6.07, 6.45) is 2.30. The maximum absolute atomic E-state index is 5.72. The Bertz CT molecular complexity index is 388. The van der Waals surface area contributed by atoms with E-state index >= 15 is 0 Å². The normalized spacial score (nSPS) is 10.2. The minimum absolute atomic E-state index is 0.406. The first-order valence-electron chi connectivity index (χ1n) is 5.58. The maximum Gasteiger partial charge on any atom is 0.107 e. The van der Waals surface area contributed by atoms with E-state index in [1.54, 1.807) is 0 Å². The van der Waals surface area contributed by atoms with Crippen molar-refractivity contribution in [3.8, 4) is 0 Å². The molecule has 0 saturated heterocycles. The Balaban J connectivity index is 2.99. The van der Waals surface area contributed by atoms with Crippen molar-refractivity contribution in [1.29, 1.82) is 0 Å². The number of thiocarbonyl (C=S) groups is 1. The standard InChI is InChI=1S/C12H19N3S/c1-4-5-6-14-10-7-8(2)15-9(3)11(10)12(13)16/h7H,4-6H2,1-3H3,(H2,13,16)(H,14,15). The summed E-state index contributed by atoms with van der Waals surface area (Å²) in [6.45, 7) is 7.02. The molecule has 0 atom stereocenters. The largest absolute Gasteiger partial charge is 0.389 e. The Morgan fingerprint density at radius 1 is 1.50 bits per heavy atom. The van der Waals surface area contributed by atoms with Crippen LogP contribution in [-0.2, 0) is 0 Å². The number of pyridine rings is 1. The van der Waals surface area contributed by atoms with Crippen LogP contribution >= 0.6 is 12.2 Å². The van der Waals surface area contributed by atoms with Crippen molar-refractivity contribution in [3.05, 3.63) is 23.0 Å². The van der Waals surface area contributed by atoms with Gasteiger partial charge in [0, 0.05) is 23.6 Å². The number of anilines is 1. The first kappa shape index (κ1) is 12.9. The van der Waals surface area contributed by atoms with Crippen LogP contribution in [0.4, 0.5) is 5.69 Å². The molecule has 0 fully saturated rings. The molecule has 0 saturated carbocycles. The highest BCUT2D eigenvalue weighted by molar-refractivity contribution is 7.80. The van der Waals surface area contributed by atoms with Gasteiger partial charge in [0.1, 0.15) is 4.99 Å². The minimum Gasteiger partial charge on any atom is -0.389 e. The smallest absolute Gasteiger partial charge is 0.107 e. The third-order valence-electron chi connectivity index (χ3n) is 2.42. The van der Waals surface area contributed by atoms with Crippen molar-refractivity contribution < 1.29 is 0 Å². The van der Waals surface area contributed by atoms with Gasteiger partial charge in [-0.3, -0.25) is 4.98 Å². The monoisotopic (exact) mass is 237 g/mol. The van der Waals surface area contributed by atoms with Crippen LogP contribution in [0.1, 0.15) is 36.7 Å². The van der Waals surface area contributed by atoms with Gasteiger partial charge in [0.05, 0.1) is 5.56 Å². The summed E-state index contributed by atoms with van der Waals surface area (Å²) in [5.41, 5.74) is 9.48. The summed E-state index contributed by atoms with van der Waals surface area (Å²) in [5, 5.41) is 3.37. The van der Waals surface area contributed by atoms with Gasteiger partial charge in [-0.15, -0.1) is 0 Å². The third kappa shape index (κ3) is 3.17. The van der Waals surface area contributed by atoms with Crippen LogP contribution in [0.2, 0.25) is 0 Å². The van der Waals surface area contributed by atoms with E-state index in [0.29, 0.717) is 4.99 Å². The van der Waals surface area contributed by atoms with Gasteiger partial charge in [-0.1, -0.05) is 25.6 Å². The summed E-state index contributed by atoms with van der Waals surface area (Å²) in [4.78, 5) is 4.78. The molecule has 3 nitrogen and oxygen atoms in total. The molecular weight excluding hydrogens is 218 g/mol. The molecule has 0 aliphatic rings. The number of aryl methyl sites for hydroxylation is 2. The summed E-state index contributed by atoms with van der Waals surface area (Å²) in [5.74, 6) is 0. The summed E-state index contributed by atoms with van der Waals surface area (Å²) >= 11 is 5.06. The van der Waals surface area contributed by atoms with Gasteiger partial charge in [-0.2, -0.15) is 0 Å². The van der Waals surface area contributed by atoms with E-state index in [1.165, 1.54) is 6.42 Å². The van der Waals surface area contributed by atoms with Gasteiger partial charge >= 0.3 is 0 Å². The number of nitrogens with two attached hydrogens (primary N) is 1. The van der Waals surface area contributed by atoms with Crippen LogP contribution in [0.3, 0.4) is 0 Å². The number of hydrogen-bond donors (Lipinski definition) is 2. The van der Waals surface area contributed by atoms with Gasteiger partial charge in [-0.05, 0) is 26.3 Å². The molecule has 0 unspecified atom stereocenters. The van der Waals surface area contributed by atoms with Crippen molar-refractivity contribution in [2.45, 2.75) is 33.6 Å². The van der Waals surface area contributed by atoms with Crippen LogP contribution in [-0.4, -0.2) is 16.5 Å². The molecule has 0 aromatic carbocycles. The lowest BCUT2D eigenvalue weighted by molar-refractivity contribution is 0.833. The average molecular weight is 237 g/mol. The topological polar surface area (TPSA) is 50.9 Å². The number of rotatable bonds is 5. The minimum atomic E-state index is 0.406. The quantitative estimate of drug-likeness (QED) is 0.610. The van der Waals surface area contributed by atoms with Crippen LogP contribution in [0, 0.1) is 13.8 Å². The van der Waals surface area contributed by atoms with E-state index in [4.69, 9.17) is 18.0 Å². The second-order valence-electron chi connectivity index (χ2n) is 3.92. The number of unbranched alkanes of at least 4 members (excludes halogenated alkanes) is 1. The Kier molecular flexibility index (Phi) is 4.68. The average Bonchev–Trinajstić information content (AvgIpc) is 2.16. The zero-order chi connectivity index (χ0) is 12.1. The van der Waals surface area contributed by atoms with Crippen molar-refractivity contribution >= 4 is 22.9 Å². The molecule has 1 aromatic heterocycles. The van der Waals surface area contributed by atoms with E-state index in [2.05, 4.69) is 17.2 Å². The summed E-state index contributed by atoms with van der Waals surface area (Å²) in [7, 11) is 0. The van der Waals surface area contributed by atoms with Crippen molar-refractivity contribution in [3.63, 3.8) is 0 Å². The van der Waals surface area contributed by atoms with E-state index in [1.807, 2.05) is 19.9 Å². The third-order valence-corrected chi connectivity index (χ3v) is 2.62. The van der Waals surface area contributed by atoms with Crippen LogP contribution in [0.25, 0.3) is 0 Å². The maximum atomic E-state index is 5.72. The van der Waals surface area contributed by atoms with E-state index in [0.717, 1.165) is 35.6 Å². The molecule has 16 heavy (non-hydrogen) atoms. The van der Waals surface area contributed by atoms with E-state index in [-0.39, 0.29) is 0 Å². The molecule has 88 valence electrons. The molecule has 1 rings (SSSR count). The lowest BCUT2D eigenvalue weighted by atomic mass is 10.1. The molecular formula is C12H19N3S. The molecule has 0 radical (unpaired) electrons. The lowest BCUT2D eigenvalue weighted by Gasteiger charge is -2.13. The van der Waals surface area contributed by atoms with Gasteiger partial charge in [-0.25, -0.2) is 0 Å². The van der Waals surface area contributed by atoms with Gasteiger partial charge < -0.3 is 11.1 Å². The van der Waals surface area contributed by atoms with E-state index < -0.39 is 0 Å². The fourth-order valence-electron chi connectivity index (χ4n) is 1.68. The number of nitrogens with zero attached hydrogens (tertiary/aromatic N) is 1.